The van der Waals surface area contributed by atoms with Gasteiger partial charge in [0, 0.05) is 17.4 Å². The molecular formula is C17H9ClF4N6. The molecule has 0 bridgehead atoms. The standard InChI is InChI=1S/C17H9ClF4N6/c18-12-7-10(3-4-13(12)19)25-16-27-26-14-6-9(8-24-28(14)16)15-11(17(20,21)22)2-1-5-23-15/h1-8H,(H,25,27). The summed E-state index contributed by atoms with van der Waals surface area (Å²) in [6.45, 7) is 0. The predicted octanol–water partition coefficient (Wildman–Crippen LogP) is 4.74. The molecule has 0 atom stereocenters. The van der Waals surface area contributed by atoms with E-state index in [1.165, 1.54) is 47.2 Å². The summed E-state index contributed by atoms with van der Waals surface area (Å²) in [6.07, 6.45) is -2.06. The van der Waals surface area contributed by atoms with E-state index in [0.717, 1.165) is 6.07 Å². The molecule has 0 aliphatic heterocycles. The second-order valence-corrected chi connectivity index (χ2v) is 6.10. The smallest absolute Gasteiger partial charge is 0.323 e. The van der Waals surface area contributed by atoms with Gasteiger partial charge in [0.05, 0.1) is 22.5 Å². The molecule has 4 rings (SSSR count). The molecule has 28 heavy (non-hydrogen) atoms. The molecule has 3 heterocycles. The number of rotatable bonds is 3. The van der Waals surface area contributed by atoms with Crippen LogP contribution in [0, 0.1) is 5.82 Å². The maximum atomic E-state index is 13.3. The molecule has 0 saturated carbocycles. The predicted molar refractivity (Wildman–Crippen MR) is 93.7 cm³/mol. The molecule has 4 aromatic rings. The van der Waals surface area contributed by atoms with Crippen molar-refractivity contribution < 1.29 is 17.6 Å². The van der Waals surface area contributed by atoms with Crippen LogP contribution in [-0.2, 0) is 6.18 Å². The number of alkyl halides is 3. The SMILES string of the molecule is Fc1ccc(Nc2nnc3cc(-c4ncccc4C(F)(F)F)cnn23)cc1Cl. The Hall–Kier alpha value is -3.27. The monoisotopic (exact) mass is 408 g/mol. The van der Waals surface area contributed by atoms with Crippen LogP contribution in [0.5, 0.6) is 0 Å². The minimum absolute atomic E-state index is 0.0797. The third-order valence-electron chi connectivity index (χ3n) is 3.82. The summed E-state index contributed by atoms with van der Waals surface area (Å²) in [6, 6.07) is 7.53. The average molecular weight is 409 g/mol. The van der Waals surface area contributed by atoms with Crippen molar-refractivity contribution in [2.24, 2.45) is 0 Å². The Morgan fingerprint density at radius 3 is 2.64 bits per heavy atom. The first-order valence-electron chi connectivity index (χ1n) is 7.79. The lowest BCUT2D eigenvalue weighted by Crippen LogP contribution is -2.08. The summed E-state index contributed by atoms with van der Waals surface area (Å²) in [7, 11) is 0. The van der Waals surface area contributed by atoms with Crippen molar-refractivity contribution >= 4 is 28.9 Å². The van der Waals surface area contributed by atoms with Gasteiger partial charge in [0.15, 0.2) is 5.65 Å². The van der Waals surface area contributed by atoms with Crippen molar-refractivity contribution in [1.82, 2.24) is 24.8 Å². The van der Waals surface area contributed by atoms with Crippen molar-refractivity contribution in [3.8, 4) is 11.3 Å². The van der Waals surface area contributed by atoms with Gasteiger partial charge in [-0.15, -0.1) is 10.2 Å². The Bertz CT molecular complexity index is 1170. The van der Waals surface area contributed by atoms with Crippen LogP contribution in [0.1, 0.15) is 5.56 Å². The molecular weight excluding hydrogens is 400 g/mol. The van der Waals surface area contributed by atoms with E-state index in [9.17, 15) is 17.6 Å². The zero-order valence-electron chi connectivity index (χ0n) is 13.7. The second kappa shape index (κ2) is 6.71. The third-order valence-corrected chi connectivity index (χ3v) is 4.11. The van der Waals surface area contributed by atoms with Gasteiger partial charge < -0.3 is 5.32 Å². The Morgan fingerprint density at radius 1 is 1.07 bits per heavy atom. The van der Waals surface area contributed by atoms with Crippen LogP contribution in [0.25, 0.3) is 16.9 Å². The summed E-state index contributed by atoms with van der Waals surface area (Å²) >= 11 is 5.74. The highest BCUT2D eigenvalue weighted by Gasteiger charge is 2.34. The van der Waals surface area contributed by atoms with Crippen molar-refractivity contribution in [2.45, 2.75) is 6.18 Å². The number of aromatic nitrogens is 5. The molecule has 0 unspecified atom stereocenters. The van der Waals surface area contributed by atoms with E-state index in [0.29, 0.717) is 5.69 Å². The van der Waals surface area contributed by atoms with E-state index >= 15 is 0 Å². The Balaban J connectivity index is 1.72. The normalized spacial score (nSPS) is 11.8. The van der Waals surface area contributed by atoms with Crippen LogP contribution >= 0.6 is 11.6 Å². The number of benzene rings is 1. The molecule has 0 amide bonds. The van der Waals surface area contributed by atoms with Crippen molar-refractivity contribution in [3.63, 3.8) is 0 Å². The number of hydrogen-bond acceptors (Lipinski definition) is 5. The molecule has 6 nitrogen and oxygen atoms in total. The molecule has 0 aliphatic rings. The number of pyridine rings is 1. The molecule has 0 spiro atoms. The highest BCUT2D eigenvalue weighted by molar-refractivity contribution is 6.31. The number of hydrogen-bond donors (Lipinski definition) is 1. The van der Waals surface area contributed by atoms with Gasteiger partial charge in [-0.3, -0.25) is 4.98 Å². The lowest BCUT2D eigenvalue weighted by atomic mass is 10.1. The first-order chi connectivity index (χ1) is 13.3. The van der Waals surface area contributed by atoms with E-state index in [-0.39, 0.29) is 27.9 Å². The molecule has 1 N–H and O–H groups in total. The van der Waals surface area contributed by atoms with Crippen LogP contribution in [0.4, 0.5) is 29.2 Å². The molecule has 142 valence electrons. The van der Waals surface area contributed by atoms with Crippen molar-refractivity contribution in [3.05, 3.63) is 65.2 Å². The highest BCUT2D eigenvalue weighted by atomic mass is 35.5. The van der Waals surface area contributed by atoms with Crippen molar-refractivity contribution in [2.75, 3.05) is 5.32 Å². The quantitative estimate of drug-likeness (QED) is 0.496. The summed E-state index contributed by atoms with van der Waals surface area (Å²) < 4.78 is 54.2. The minimum atomic E-state index is -4.56. The summed E-state index contributed by atoms with van der Waals surface area (Å²) in [5, 5.41) is 14.7. The molecule has 0 aliphatic carbocycles. The van der Waals surface area contributed by atoms with Gasteiger partial charge in [-0.05, 0) is 36.4 Å². The molecule has 0 fully saturated rings. The van der Waals surface area contributed by atoms with E-state index < -0.39 is 17.6 Å². The lowest BCUT2D eigenvalue weighted by Gasteiger charge is -2.11. The van der Waals surface area contributed by atoms with Crippen LogP contribution in [0.3, 0.4) is 0 Å². The van der Waals surface area contributed by atoms with E-state index in [1.54, 1.807) is 0 Å². The first-order valence-corrected chi connectivity index (χ1v) is 8.17. The van der Waals surface area contributed by atoms with Gasteiger partial charge in [-0.2, -0.15) is 22.8 Å². The van der Waals surface area contributed by atoms with Gasteiger partial charge in [0.2, 0.25) is 5.95 Å². The molecule has 1 aromatic carbocycles. The Labute approximate surface area is 159 Å². The fourth-order valence-corrected chi connectivity index (χ4v) is 2.75. The summed E-state index contributed by atoms with van der Waals surface area (Å²) in [5.41, 5.74) is -0.348. The van der Waals surface area contributed by atoms with Crippen LogP contribution < -0.4 is 5.32 Å². The van der Waals surface area contributed by atoms with Gasteiger partial charge in [-0.25, -0.2) is 4.39 Å². The van der Waals surface area contributed by atoms with E-state index in [2.05, 4.69) is 25.6 Å². The fraction of sp³-hybridized carbons (Fsp3) is 0.0588. The molecule has 11 heteroatoms. The van der Waals surface area contributed by atoms with Gasteiger partial charge in [0.25, 0.3) is 0 Å². The topological polar surface area (TPSA) is 68.0 Å². The molecule has 3 aromatic heterocycles. The molecule has 0 radical (unpaired) electrons. The average Bonchev–Trinajstić information content (AvgIpc) is 3.06. The van der Waals surface area contributed by atoms with E-state index in [1.807, 2.05) is 0 Å². The largest absolute Gasteiger partial charge is 0.418 e. The van der Waals surface area contributed by atoms with Crippen LogP contribution in [0.15, 0.2) is 48.8 Å². The number of nitrogens with zero attached hydrogens (tertiary/aromatic N) is 5. The number of fused-ring (bicyclic) bond motifs is 1. The minimum Gasteiger partial charge on any atom is -0.323 e. The van der Waals surface area contributed by atoms with Gasteiger partial charge in [0.1, 0.15) is 5.82 Å². The Morgan fingerprint density at radius 2 is 1.89 bits per heavy atom. The second-order valence-electron chi connectivity index (χ2n) is 5.69. The maximum Gasteiger partial charge on any atom is 0.418 e. The van der Waals surface area contributed by atoms with Gasteiger partial charge >= 0.3 is 6.18 Å². The van der Waals surface area contributed by atoms with Crippen LogP contribution in [-0.4, -0.2) is 24.8 Å². The number of halogens is 5. The molecule has 0 saturated heterocycles. The lowest BCUT2D eigenvalue weighted by molar-refractivity contribution is -0.137. The Kier molecular flexibility index (Phi) is 4.34. The number of anilines is 2. The van der Waals surface area contributed by atoms with Gasteiger partial charge in [-0.1, -0.05) is 11.6 Å². The van der Waals surface area contributed by atoms with Crippen molar-refractivity contribution in [1.29, 1.82) is 0 Å². The third kappa shape index (κ3) is 3.33. The zero-order valence-corrected chi connectivity index (χ0v) is 14.5. The maximum absolute atomic E-state index is 13.3. The number of nitrogens with one attached hydrogen (secondary N) is 1. The fourth-order valence-electron chi connectivity index (χ4n) is 2.57. The summed E-state index contributed by atoms with van der Waals surface area (Å²) in [5.74, 6) is -0.391. The summed E-state index contributed by atoms with van der Waals surface area (Å²) in [4.78, 5) is 3.83. The van der Waals surface area contributed by atoms with E-state index in [4.69, 9.17) is 11.6 Å². The van der Waals surface area contributed by atoms with Crippen LogP contribution in [0.2, 0.25) is 5.02 Å². The highest BCUT2D eigenvalue weighted by Crippen LogP contribution is 2.35. The zero-order chi connectivity index (χ0) is 19.9. The first kappa shape index (κ1) is 18.1.